The number of aromatic nitrogens is 2. The lowest BCUT2D eigenvalue weighted by atomic mass is 10.1. The number of nitrogens with zero attached hydrogens (tertiary/aromatic N) is 2. The third kappa shape index (κ3) is 2.02. The second-order valence-corrected chi connectivity index (χ2v) is 4.73. The minimum atomic E-state index is -0.968. The van der Waals surface area contributed by atoms with Crippen molar-refractivity contribution >= 4 is 5.97 Å². The summed E-state index contributed by atoms with van der Waals surface area (Å²) in [6, 6.07) is 6.81. The van der Waals surface area contributed by atoms with Crippen molar-refractivity contribution in [3.05, 3.63) is 41.7 Å². The summed E-state index contributed by atoms with van der Waals surface area (Å²) in [7, 11) is 0. The number of hydrogen-bond donors (Lipinski definition) is 2. The van der Waals surface area contributed by atoms with Gasteiger partial charge in [0, 0.05) is 17.5 Å². The van der Waals surface area contributed by atoms with Crippen LogP contribution in [0.3, 0.4) is 0 Å². The van der Waals surface area contributed by atoms with E-state index in [0.717, 1.165) is 18.5 Å². The van der Waals surface area contributed by atoms with Crippen LogP contribution in [-0.2, 0) is 13.0 Å². The van der Waals surface area contributed by atoms with Crippen molar-refractivity contribution in [3.8, 4) is 11.4 Å². The third-order valence-electron chi connectivity index (χ3n) is 3.46. The highest BCUT2D eigenvalue weighted by molar-refractivity contribution is 5.95. The Labute approximate surface area is 110 Å². The van der Waals surface area contributed by atoms with Crippen LogP contribution in [0, 0.1) is 0 Å². The summed E-state index contributed by atoms with van der Waals surface area (Å²) in [5.41, 5.74) is 1.87. The fourth-order valence-electron chi connectivity index (χ4n) is 2.51. The van der Waals surface area contributed by atoms with E-state index in [2.05, 4.69) is 4.98 Å². The Morgan fingerprint density at radius 1 is 1.37 bits per heavy atom. The number of fused-ring (bicyclic) bond motifs is 1. The highest BCUT2D eigenvalue weighted by atomic mass is 16.4. The molecule has 1 aromatic carbocycles. The Hall–Kier alpha value is -2.14. The average Bonchev–Trinajstić information content (AvgIpc) is 2.81. The molecule has 1 unspecified atom stereocenters. The second-order valence-electron chi connectivity index (χ2n) is 4.73. The zero-order chi connectivity index (χ0) is 13.4. The van der Waals surface area contributed by atoms with Crippen molar-refractivity contribution in [2.75, 3.05) is 0 Å². The molecule has 2 aromatic rings. The van der Waals surface area contributed by atoms with E-state index in [1.54, 1.807) is 30.5 Å². The summed E-state index contributed by atoms with van der Waals surface area (Å²) in [6.07, 6.45) is 2.87. The third-order valence-corrected chi connectivity index (χ3v) is 3.46. The number of benzene rings is 1. The van der Waals surface area contributed by atoms with Crippen LogP contribution in [-0.4, -0.2) is 31.8 Å². The molecule has 1 aromatic heterocycles. The Morgan fingerprint density at radius 3 is 2.95 bits per heavy atom. The Morgan fingerprint density at radius 2 is 2.16 bits per heavy atom. The van der Waals surface area contributed by atoms with E-state index >= 15 is 0 Å². The number of aryl methyl sites for hydroxylation is 1. The molecule has 1 aliphatic rings. The van der Waals surface area contributed by atoms with E-state index in [9.17, 15) is 15.0 Å². The van der Waals surface area contributed by atoms with Crippen LogP contribution >= 0.6 is 0 Å². The van der Waals surface area contributed by atoms with Crippen molar-refractivity contribution in [2.45, 2.75) is 25.5 Å². The molecular weight excluding hydrogens is 244 g/mol. The molecule has 1 aliphatic heterocycles. The van der Waals surface area contributed by atoms with Gasteiger partial charge in [-0.15, -0.1) is 0 Å². The molecule has 0 saturated carbocycles. The monoisotopic (exact) mass is 258 g/mol. The molecular formula is C14H14N2O3. The fourth-order valence-corrected chi connectivity index (χ4v) is 2.51. The molecule has 1 atom stereocenters. The van der Waals surface area contributed by atoms with Crippen molar-refractivity contribution in [1.29, 1.82) is 0 Å². The minimum absolute atomic E-state index is 0.232. The molecule has 5 nitrogen and oxygen atoms in total. The first-order valence-electron chi connectivity index (χ1n) is 6.22. The van der Waals surface area contributed by atoms with Gasteiger partial charge in [-0.1, -0.05) is 18.2 Å². The van der Waals surface area contributed by atoms with Gasteiger partial charge in [0.15, 0.2) is 0 Å². The second kappa shape index (κ2) is 4.51. The molecule has 0 fully saturated rings. The first kappa shape index (κ1) is 11.9. The number of aliphatic hydroxyl groups excluding tert-OH is 1. The zero-order valence-corrected chi connectivity index (χ0v) is 10.3. The topological polar surface area (TPSA) is 75.3 Å². The Bertz CT molecular complexity index is 633. The summed E-state index contributed by atoms with van der Waals surface area (Å²) in [6.45, 7) is 0.471. The number of imidazole rings is 1. The van der Waals surface area contributed by atoms with Gasteiger partial charge < -0.3 is 14.8 Å². The van der Waals surface area contributed by atoms with Gasteiger partial charge in [0.1, 0.15) is 5.82 Å². The standard InChI is InChI=1S/C14H14N2O3/c17-10-6-5-9-7-15-13(16(9)8-10)11-3-1-2-4-12(11)14(18)19/h1-4,7,10,17H,5-6,8H2,(H,18,19). The number of aliphatic hydroxyl groups is 1. The Balaban J connectivity index is 2.13. The quantitative estimate of drug-likeness (QED) is 0.857. The van der Waals surface area contributed by atoms with E-state index in [1.807, 2.05) is 4.57 Å². The highest BCUT2D eigenvalue weighted by Gasteiger charge is 2.22. The van der Waals surface area contributed by atoms with Crippen molar-refractivity contribution in [3.63, 3.8) is 0 Å². The van der Waals surface area contributed by atoms with Crippen molar-refractivity contribution in [2.24, 2.45) is 0 Å². The van der Waals surface area contributed by atoms with Gasteiger partial charge in [0.25, 0.3) is 0 Å². The summed E-state index contributed by atoms with van der Waals surface area (Å²) in [5, 5.41) is 19.0. The molecule has 0 aliphatic carbocycles. The molecule has 98 valence electrons. The first-order chi connectivity index (χ1) is 9.16. The lowest BCUT2D eigenvalue weighted by Crippen LogP contribution is -2.24. The summed E-state index contributed by atoms with van der Waals surface area (Å²) < 4.78 is 1.91. The maximum Gasteiger partial charge on any atom is 0.336 e. The number of carboxylic acids is 1. The molecule has 0 saturated heterocycles. The number of carboxylic acid groups (broad SMARTS) is 1. The molecule has 0 radical (unpaired) electrons. The normalized spacial score (nSPS) is 18.1. The first-order valence-corrected chi connectivity index (χ1v) is 6.22. The van der Waals surface area contributed by atoms with Crippen LogP contribution in [0.2, 0.25) is 0 Å². The van der Waals surface area contributed by atoms with Crippen LogP contribution in [0.1, 0.15) is 22.5 Å². The highest BCUT2D eigenvalue weighted by Crippen LogP contribution is 2.27. The van der Waals surface area contributed by atoms with Gasteiger partial charge in [-0.05, 0) is 18.9 Å². The molecule has 0 bridgehead atoms. The van der Waals surface area contributed by atoms with Gasteiger partial charge in [-0.3, -0.25) is 0 Å². The van der Waals surface area contributed by atoms with E-state index in [-0.39, 0.29) is 5.56 Å². The van der Waals surface area contributed by atoms with Crippen LogP contribution in [0.15, 0.2) is 30.5 Å². The number of hydrogen-bond acceptors (Lipinski definition) is 3. The molecule has 0 spiro atoms. The number of aromatic carboxylic acids is 1. The maximum absolute atomic E-state index is 11.3. The molecule has 0 amide bonds. The van der Waals surface area contributed by atoms with Crippen molar-refractivity contribution < 1.29 is 15.0 Å². The smallest absolute Gasteiger partial charge is 0.336 e. The zero-order valence-electron chi connectivity index (χ0n) is 10.3. The van der Waals surface area contributed by atoms with Gasteiger partial charge >= 0.3 is 5.97 Å². The summed E-state index contributed by atoms with van der Waals surface area (Å²) in [5.74, 6) is -0.351. The molecule has 2 heterocycles. The lowest BCUT2D eigenvalue weighted by Gasteiger charge is -2.21. The molecule has 5 heteroatoms. The van der Waals surface area contributed by atoms with Gasteiger partial charge in [0.2, 0.25) is 0 Å². The van der Waals surface area contributed by atoms with Gasteiger partial charge in [-0.25, -0.2) is 9.78 Å². The van der Waals surface area contributed by atoms with Crippen LogP contribution in [0.25, 0.3) is 11.4 Å². The maximum atomic E-state index is 11.3. The van der Waals surface area contributed by atoms with Crippen LogP contribution in [0.5, 0.6) is 0 Å². The van der Waals surface area contributed by atoms with E-state index in [4.69, 9.17) is 0 Å². The van der Waals surface area contributed by atoms with E-state index in [0.29, 0.717) is 17.9 Å². The summed E-state index contributed by atoms with van der Waals surface area (Å²) in [4.78, 5) is 15.6. The average molecular weight is 258 g/mol. The van der Waals surface area contributed by atoms with E-state index in [1.165, 1.54) is 0 Å². The fraction of sp³-hybridized carbons (Fsp3) is 0.286. The van der Waals surface area contributed by atoms with Crippen LogP contribution in [0.4, 0.5) is 0 Å². The van der Waals surface area contributed by atoms with Crippen molar-refractivity contribution in [1.82, 2.24) is 9.55 Å². The number of carbonyl (C=O) groups is 1. The summed E-state index contributed by atoms with van der Waals surface area (Å²) >= 11 is 0. The Kier molecular flexibility index (Phi) is 2.83. The SMILES string of the molecule is O=C(O)c1ccccc1-c1ncc2n1CC(O)CC2. The predicted molar refractivity (Wildman–Crippen MR) is 69.0 cm³/mol. The minimum Gasteiger partial charge on any atom is -0.478 e. The molecule has 3 rings (SSSR count). The predicted octanol–water partition coefficient (Wildman–Crippen LogP) is 1.56. The molecule has 19 heavy (non-hydrogen) atoms. The van der Waals surface area contributed by atoms with Gasteiger partial charge in [-0.2, -0.15) is 0 Å². The van der Waals surface area contributed by atoms with Crippen LogP contribution < -0.4 is 0 Å². The molecule has 2 N–H and O–H groups in total. The van der Waals surface area contributed by atoms with Gasteiger partial charge in [0.05, 0.1) is 18.2 Å². The lowest BCUT2D eigenvalue weighted by molar-refractivity contribution is 0.0697. The van der Waals surface area contributed by atoms with E-state index < -0.39 is 12.1 Å². The largest absolute Gasteiger partial charge is 0.478 e. The number of rotatable bonds is 2.